The van der Waals surface area contributed by atoms with Crippen molar-refractivity contribution in [3.05, 3.63) is 59.7 Å². The summed E-state index contributed by atoms with van der Waals surface area (Å²) in [7, 11) is 1.35. The molecule has 2 N–H and O–H groups in total. The zero-order valence-electron chi connectivity index (χ0n) is 11.8. The second-order valence-corrected chi connectivity index (χ2v) is 4.84. The molecule has 0 bridgehead atoms. The number of carbonyl (C=O) groups is 1. The molecule has 104 valence electrons. The van der Waals surface area contributed by atoms with Crippen LogP contribution < -0.4 is 5.73 Å². The minimum atomic E-state index is -0.610. The highest BCUT2D eigenvalue weighted by atomic mass is 16.5. The first kappa shape index (κ1) is 14.3. The summed E-state index contributed by atoms with van der Waals surface area (Å²) in [5.41, 5.74) is 10.4. The van der Waals surface area contributed by atoms with Crippen LogP contribution in [0.25, 0.3) is 11.1 Å². The van der Waals surface area contributed by atoms with Crippen LogP contribution in [0.2, 0.25) is 0 Å². The van der Waals surface area contributed by atoms with Crippen molar-refractivity contribution in [3.63, 3.8) is 0 Å². The molecule has 0 spiro atoms. The summed E-state index contributed by atoms with van der Waals surface area (Å²) in [6.07, 6.45) is 0.494. The fourth-order valence-electron chi connectivity index (χ4n) is 2.21. The van der Waals surface area contributed by atoms with Gasteiger partial charge in [-0.1, -0.05) is 48.5 Å². The van der Waals surface area contributed by atoms with E-state index in [1.54, 1.807) is 0 Å². The van der Waals surface area contributed by atoms with Crippen LogP contribution in [0.1, 0.15) is 11.1 Å². The molecule has 3 heteroatoms. The number of ether oxygens (including phenoxy) is 1. The molecule has 0 aromatic heterocycles. The second kappa shape index (κ2) is 6.35. The van der Waals surface area contributed by atoms with Gasteiger partial charge in [0.1, 0.15) is 6.04 Å². The summed E-state index contributed by atoms with van der Waals surface area (Å²) < 4.78 is 4.65. The van der Waals surface area contributed by atoms with Crippen LogP contribution in [0.15, 0.2) is 48.5 Å². The Morgan fingerprint density at radius 1 is 1.15 bits per heavy atom. The first-order valence-electron chi connectivity index (χ1n) is 6.60. The summed E-state index contributed by atoms with van der Waals surface area (Å²) in [6.45, 7) is 2.03. The van der Waals surface area contributed by atoms with Crippen molar-refractivity contribution in [3.8, 4) is 11.1 Å². The monoisotopic (exact) mass is 269 g/mol. The maximum absolute atomic E-state index is 11.4. The van der Waals surface area contributed by atoms with Gasteiger partial charge in [-0.2, -0.15) is 0 Å². The van der Waals surface area contributed by atoms with Crippen molar-refractivity contribution in [1.29, 1.82) is 0 Å². The molecular weight excluding hydrogens is 250 g/mol. The molecular formula is C17H19NO2. The van der Waals surface area contributed by atoms with Gasteiger partial charge >= 0.3 is 5.97 Å². The van der Waals surface area contributed by atoms with Crippen LogP contribution in [-0.2, 0) is 16.0 Å². The Bertz CT molecular complexity index is 593. The van der Waals surface area contributed by atoms with E-state index in [1.807, 2.05) is 31.2 Å². The third kappa shape index (κ3) is 3.25. The number of nitrogens with two attached hydrogens (primary N) is 1. The second-order valence-electron chi connectivity index (χ2n) is 4.84. The first-order chi connectivity index (χ1) is 9.61. The van der Waals surface area contributed by atoms with E-state index in [-0.39, 0.29) is 5.97 Å². The maximum Gasteiger partial charge on any atom is 0.322 e. The summed E-state index contributed by atoms with van der Waals surface area (Å²) in [4.78, 5) is 11.4. The minimum absolute atomic E-state index is 0.378. The van der Waals surface area contributed by atoms with Gasteiger partial charge < -0.3 is 10.5 Å². The molecule has 3 nitrogen and oxygen atoms in total. The van der Waals surface area contributed by atoms with Crippen molar-refractivity contribution < 1.29 is 9.53 Å². The Labute approximate surface area is 119 Å². The average molecular weight is 269 g/mol. The van der Waals surface area contributed by atoms with Gasteiger partial charge in [0.05, 0.1) is 7.11 Å². The van der Waals surface area contributed by atoms with Gasteiger partial charge in [0.15, 0.2) is 0 Å². The normalized spacial score (nSPS) is 11.9. The minimum Gasteiger partial charge on any atom is -0.468 e. The molecule has 0 heterocycles. The first-order valence-corrected chi connectivity index (χ1v) is 6.60. The molecule has 1 atom stereocenters. The van der Waals surface area contributed by atoms with Crippen molar-refractivity contribution in [2.45, 2.75) is 19.4 Å². The Morgan fingerprint density at radius 3 is 2.45 bits per heavy atom. The van der Waals surface area contributed by atoms with Gasteiger partial charge in [0.25, 0.3) is 0 Å². The van der Waals surface area contributed by atoms with E-state index >= 15 is 0 Å². The molecule has 0 fully saturated rings. The van der Waals surface area contributed by atoms with E-state index in [4.69, 9.17) is 5.73 Å². The van der Waals surface area contributed by atoms with Crippen LogP contribution in [0.3, 0.4) is 0 Å². The van der Waals surface area contributed by atoms with E-state index < -0.39 is 6.04 Å². The fourth-order valence-corrected chi connectivity index (χ4v) is 2.21. The number of hydrogen-bond acceptors (Lipinski definition) is 3. The number of esters is 1. The predicted octanol–water partition coefficient (Wildman–Crippen LogP) is 2.70. The molecule has 0 aliphatic carbocycles. The highest BCUT2D eigenvalue weighted by Crippen LogP contribution is 2.22. The molecule has 0 amide bonds. The van der Waals surface area contributed by atoms with E-state index in [9.17, 15) is 4.79 Å². The van der Waals surface area contributed by atoms with Gasteiger partial charge in [0, 0.05) is 0 Å². The van der Waals surface area contributed by atoms with Gasteiger partial charge in [-0.15, -0.1) is 0 Å². The van der Waals surface area contributed by atoms with E-state index in [0.29, 0.717) is 6.42 Å². The van der Waals surface area contributed by atoms with Gasteiger partial charge in [-0.25, -0.2) is 0 Å². The fraction of sp³-hybridized carbons (Fsp3) is 0.235. The van der Waals surface area contributed by atoms with Crippen LogP contribution in [0.4, 0.5) is 0 Å². The lowest BCUT2D eigenvalue weighted by atomic mass is 9.96. The summed E-state index contributed by atoms with van der Waals surface area (Å²) in [5, 5.41) is 0. The maximum atomic E-state index is 11.4. The molecule has 0 aliphatic rings. The number of rotatable bonds is 4. The molecule has 0 aliphatic heterocycles. The molecule has 0 saturated heterocycles. The van der Waals surface area contributed by atoms with Gasteiger partial charge in [0.2, 0.25) is 0 Å². The standard InChI is InChI=1S/C17H19NO2/c1-12-10-15(13-6-4-3-5-7-13)9-8-14(12)11-16(18)17(19)20-2/h3-10,16H,11,18H2,1-2H3/t16-/m0/s1. The third-order valence-corrected chi connectivity index (χ3v) is 3.39. The molecule has 2 aromatic carbocycles. The van der Waals surface area contributed by atoms with Crippen LogP contribution in [-0.4, -0.2) is 19.1 Å². The molecule has 2 rings (SSSR count). The SMILES string of the molecule is COC(=O)[C@@H](N)Cc1ccc(-c2ccccc2)cc1C. The van der Waals surface area contributed by atoms with Crippen molar-refractivity contribution >= 4 is 5.97 Å². The Kier molecular flexibility index (Phi) is 4.53. The lowest BCUT2D eigenvalue weighted by molar-refractivity contribution is -0.142. The lowest BCUT2D eigenvalue weighted by Crippen LogP contribution is -2.33. The van der Waals surface area contributed by atoms with Gasteiger partial charge in [-0.05, 0) is 35.6 Å². The zero-order valence-corrected chi connectivity index (χ0v) is 11.8. The van der Waals surface area contributed by atoms with Gasteiger partial charge in [-0.3, -0.25) is 4.79 Å². The zero-order chi connectivity index (χ0) is 14.5. The molecule has 0 radical (unpaired) electrons. The largest absolute Gasteiger partial charge is 0.468 e. The number of carbonyl (C=O) groups excluding carboxylic acids is 1. The quantitative estimate of drug-likeness (QED) is 0.868. The number of benzene rings is 2. The lowest BCUT2D eigenvalue weighted by Gasteiger charge is -2.12. The highest BCUT2D eigenvalue weighted by Gasteiger charge is 2.15. The molecule has 2 aromatic rings. The van der Waals surface area contributed by atoms with Crippen molar-refractivity contribution in [1.82, 2.24) is 0 Å². The summed E-state index contributed by atoms with van der Waals surface area (Å²) >= 11 is 0. The van der Waals surface area contributed by atoms with Crippen LogP contribution in [0, 0.1) is 6.92 Å². The number of aryl methyl sites for hydroxylation is 1. The van der Waals surface area contributed by atoms with E-state index in [1.165, 1.54) is 18.2 Å². The van der Waals surface area contributed by atoms with Crippen LogP contribution >= 0.6 is 0 Å². The van der Waals surface area contributed by atoms with Crippen molar-refractivity contribution in [2.75, 3.05) is 7.11 Å². The Hall–Kier alpha value is -2.13. The smallest absolute Gasteiger partial charge is 0.322 e. The Morgan fingerprint density at radius 2 is 1.85 bits per heavy atom. The highest BCUT2D eigenvalue weighted by molar-refractivity contribution is 5.76. The number of hydrogen-bond donors (Lipinski definition) is 1. The topological polar surface area (TPSA) is 52.3 Å². The third-order valence-electron chi connectivity index (χ3n) is 3.39. The molecule has 20 heavy (non-hydrogen) atoms. The van der Waals surface area contributed by atoms with Crippen molar-refractivity contribution in [2.24, 2.45) is 5.73 Å². The average Bonchev–Trinajstić information content (AvgIpc) is 2.49. The summed E-state index contributed by atoms with van der Waals surface area (Å²) in [6, 6.07) is 15.8. The number of methoxy groups -OCH3 is 1. The van der Waals surface area contributed by atoms with E-state index in [2.05, 4.69) is 29.0 Å². The Balaban J connectivity index is 2.20. The van der Waals surface area contributed by atoms with E-state index in [0.717, 1.165) is 11.1 Å². The summed E-state index contributed by atoms with van der Waals surface area (Å²) in [5.74, 6) is -0.378. The molecule has 0 unspecified atom stereocenters. The molecule has 0 saturated carbocycles. The predicted molar refractivity (Wildman–Crippen MR) is 80.3 cm³/mol. The van der Waals surface area contributed by atoms with Crippen LogP contribution in [0.5, 0.6) is 0 Å².